The molecule has 0 saturated carbocycles. The molecule has 5 nitrogen and oxygen atoms in total. The minimum atomic E-state index is -0.207. The zero-order valence-electron chi connectivity index (χ0n) is 13.6. The maximum absolute atomic E-state index is 12.3. The predicted octanol–water partition coefficient (Wildman–Crippen LogP) is 2.66. The Hall–Kier alpha value is -1.59. The number of carbonyl (C=O) groups excluding carboxylic acids is 2. The number of hydrogen-bond acceptors (Lipinski definition) is 3. The number of carbonyl (C=O) groups is 2. The van der Waals surface area contributed by atoms with Gasteiger partial charge in [-0.3, -0.25) is 9.59 Å². The predicted molar refractivity (Wildman–Crippen MR) is 92.8 cm³/mol. The Morgan fingerprint density at radius 1 is 1.39 bits per heavy atom. The highest BCUT2D eigenvalue weighted by Gasteiger charge is 2.16. The summed E-state index contributed by atoms with van der Waals surface area (Å²) in [4.78, 5) is 24.0. The highest BCUT2D eigenvalue weighted by atomic mass is 35.5. The molecule has 1 atom stereocenters. The Balaban J connectivity index is 1.93. The van der Waals surface area contributed by atoms with Crippen LogP contribution >= 0.6 is 11.6 Å². The summed E-state index contributed by atoms with van der Waals surface area (Å²) in [5, 5.41) is 9.38. The first-order chi connectivity index (χ1) is 11.0. The van der Waals surface area contributed by atoms with Crippen molar-refractivity contribution in [3.63, 3.8) is 0 Å². The Morgan fingerprint density at radius 2 is 2.17 bits per heavy atom. The number of amides is 2. The Kier molecular flexibility index (Phi) is 6.42. The van der Waals surface area contributed by atoms with E-state index in [2.05, 4.69) is 16.0 Å². The normalized spacial score (nSPS) is 17.3. The van der Waals surface area contributed by atoms with Gasteiger partial charge in [-0.05, 0) is 50.0 Å². The standard InChI is InChI=1S/C17H24ClN3O2/c1-11(2)16(22)21-13-3-4-15(18)14(9-13)17(23)20-8-6-12-5-7-19-10-12/h3-4,9,11-12,19H,5-8,10H2,1-2H3,(H,20,23)(H,21,22). The number of rotatable bonds is 6. The molecule has 1 aromatic rings. The lowest BCUT2D eigenvalue weighted by Gasteiger charge is -2.12. The van der Waals surface area contributed by atoms with Gasteiger partial charge in [-0.1, -0.05) is 25.4 Å². The molecule has 2 rings (SSSR count). The number of nitrogens with one attached hydrogen (secondary N) is 3. The maximum atomic E-state index is 12.3. The van der Waals surface area contributed by atoms with Crippen LogP contribution in [0.3, 0.4) is 0 Å². The zero-order chi connectivity index (χ0) is 16.8. The van der Waals surface area contributed by atoms with E-state index in [1.54, 1.807) is 18.2 Å². The Bertz CT molecular complexity index is 569. The van der Waals surface area contributed by atoms with Crippen LogP contribution in [0.15, 0.2) is 18.2 Å². The number of halogens is 1. The van der Waals surface area contributed by atoms with Crippen molar-refractivity contribution in [2.45, 2.75) is 26.7 Å². The molecular weight excluding hydrogens is 314 g/mol. The molecule has 1 unspecified atom stereocenters. The second kappa shape index (κ2) is 8.31. The molecule has 6 heteroatoms. The minimum absolute atomic E-state index is 0.0904. The van der Waals surface area contributed by atoms with E-state index in [4.69, 9.17) is 11.6 Å². The van der Waals surface area contributed by atoms with Crippen LogP contribution in [0.5, 0.6) is 0 Å². The molecule has 23 heavy (non-hydrogen) atoms. The lowest BCUT2D eigenvalue weighted by Crippen LogP contribution is -2.27. The van der Waals surface area contributed by atoms with E-state index >= 15 is 0 Å². The van der Waals surface area contributed by atoms with Crippen molar-refractivity contribution < 1.29 is 9.59 Å². The van der Waals surface area contributed by atoms with Gasteiger partial charge in [-0.2, -0.15) is 0 Å². The van der Waals surface area contributed by atoms with Gasteiger partial charge in [0, 0.05) is 18.2 Å². The lowest BCUT2D eigenvalue weighted by atomic mass is 10.1. The fourth-order valence-electron chi connectivity index (χ4n) is 2.51. The third-order valence-electron chi connectivity index (χ3n) is 4.00. The molecule has 0 spiro atoms. The minimum Gasteiger partial charge on any atom is -0.352 e. The van der Waals surface area contributed by atoms with Crippen LogP contribution in [-0.4, -0.2) is 31.4 Å². The molecule has 1 aliphatic rings. The van der Waals surface area contributed by atoms with Crippen molar-refractivity contribution in [3.8, 4) is 0 Å². The van der Waals surface area contributed by atoms with Gasteiger partial charge in [0.1, 0.15) is 0 Å². The molecule has 1 heterocycles. The molecular formula is C17H24ClN3O2. The van der Waals surface area contributed by atoms with Gasteiger partial charge in [0.05, 0.1) is 10.6 Å². The van der Waals surface area contributed by atoms with Crippen molar-refractivity contribution in [3.05, 3.63) is 28.8 Å². The molecule has 0 radical (unpaired) electrons. The molecule has 2 amide bonds. The second-order valence-corrected chi connectivity index (χ2v) is 6.65. The first-order valence-corrected chi connectivity index (χ1v) is 8.44. The average molecular weight is 338 g/mol. The topological polar surface area (TPSA) is 70.2 Å². The zero-order valence-corrected chi connectivity index (χ0v) is 14.4. The van der Waals surface area contributed by atoms with Crippen LogP contribution in [0.1, 0.15) is 37.0 Å². The summed E-state index contributed by atoms with van der Waals surface area (Å²) in [7, 11) is 0. The Labute approximate surface area is 142 Å². The van der Waals surface area contributed by atoms with Crippen LogP contribution in [-0.2, 0) is 4.79 Å². The van der Waals surface area contributed by atoms with Crippen LogP contribution in [0.25, 0.3) is 0 Å². The molecule has 1 fully saturated rings. The second-order valence-electron chi connectivity index (χ2n) is 6.24. The van der Waals surface area contributed by atoms with Crippen LogP contribution in [0.2, 0.25) is 5.02 Å². The summed E-state index contributed by atoms with van der Waals surface area (Å²) in [6.07, 6.45) is 2.12. The van der Waals surface area contributed by atoms with Gasteiger partial charge in [0.2, 0.25) is 5.91 Å². The summed E-state index contributed by atoms with van der Waals surface area (Å²) < 4.78 is 0. The van der Waals surface area contributed by atoms with Gasteiger partial charge in [0.25, 0.3) is 5.91 Å². The van der Waals surface area contributed by atoms with Gasteiger partial charge < -0.3 is 16.0 Å². The highest BCUT2D eigenvalue weighted by Crippen LogP contribution is 2.21. The first-order valence-electron chi connectivity index (χ1n) is 8.06. The van der Waals surface area contributed by atoms with E-state index in [0.29, 0.717) is 28.7 Å². The summed E-state index contributed by atoms with van der Waals surface area (Å²) in [6.45, 7) is 6.34. The van der Waals surface area contributed by atoms with E-state index in [1.807, 2.05) is 13.8 Å². The third kappa shape index (κ3) is 5.22. The molecule has 1 aliphatic heterocycles. The number of hydrogen-bond donors (Lipinski definition) is 3. The van der Waals surface area contributed by atoms with Gasteiger partial charge in [-0.25, -0.2) is 0 Å². The van der Waals surface area contributed by atoms with E-state index in [-0.39, 0.29) is 17.7 Å². The van der Waals surface area contributed by atoms with Crippen molar-refractivity contribution in [2.75, 3.05) is 25.0 Å². The van der Waals surface area contributed by atoms with Crippen molar-refractivity contribution in [2.24, 2.45) is 11.8 Å². The first kappa shape index (κ1) is 17.8. The maximum Gasteiger partial charge on any atom is 0.252 e. The molecule has 0 aromatic heterocycles. The quantitative estimate of drug-likeness (QED) is 0.747. The molecule has 0 bridgehead atoms. The average Bonchev–Trinajstić information content (AvgIpc) is 3.02. The smallest absolute Gasteiger partial charge is 0.252 e. The van der Waals surface area contributed by atoms with Crippen LogP contribution < -0.4 is 16.0 Å². The molecule has 3 N–H and O–H groups in total. The molecule has 0 aliphatic carbocycles. The van der Waals surface area contributed by atoms with Crippen molar-refractivity contribution in [1.29, 1.82) is 0 Å². The molecule has 1 saturated heterocycles. The van der Waals surface area contributed by atoms with Crippen LogP contribution in [0.4, 0.5) is 5.69 Å². The van der Waals surface area contributed by atoms with E-state index in [0.717, 1.165) is 25.9 Å². The Morgan fingerprint density at radius 3 is 2.83 bits per heavy atom. The fraction of sp³-hybridized carbons (Fsp3) is 0.529. The van der Waals surface area contributed by atoms with Crippen LogP contribution in [0, 0.1) is 11.8 Å². The highest BCUT2D eigenvalue weighted by molar-refractivity contribution is 6.34. The van der Waals surface area contributed by atoms with Gasteiger partial charge in [0.15, 0.2) is 0 Å². The van der Waals surface area contributed by atoms with Gasteiger partial charge >= 0.3 is 0 Å². The summed E-state index contributed by atoms with van der Waals surface area (Å²) in [5.74, 6) is 0.208. The summed E-state index contributed by atoms with van der Waals surface area (Å²) >= 11 is 6.11. The fourth-order valence-corrected chi connectivity index (χ4v) is 2.71. The molecule has 1 aromatic carbocycles. The van der Waals surface area contributed by atoms with E-state index in [9.17, 15) is 9.59 Å². The van der Waals surface area contributed by atoms with Crippen molar-refractivity contribution >= 4 is 29.1 Å². The SMILES string of the molecule is CC(C)C(=O)Nc1ccc(Cl)c(C(=O)NCCC2CCNC2)c1. The summed E-state index contributed by atoms with van der Waals surface area (Å²) in [5.41, 5.74) is 0.969. The monoisotopic (exact) mass is 337 g/mol. The largest absolute Gasteiger partial charge is 0.352 e. The summed E-state index contributed by atoms with van der Waals surface area (Å²) in [6, 6.07) is 4.95. The number of anilines is 1. The third-order valence-corrected chi connectivity index (χ3v) is 4.33. The van der Waals surface area contributed by atoms with E-state index < -0.39 is 0 Å². The van der Waals surface area contributed by atoms with Crippen molar-refractivity contribution in [1.82, 2.24) is 10.6 Å². The van der Waals surface area contributed by atoms with E-state index in [1.165, 1.54) is 0 Å². The molecule has 126 valence electrons. The lowest BCUT2D eigenvalue weighted by molar-refractivity contribution is -0.118. The number of benzene rings is 1. The van der Waals surface area contributed by atoms with Gasteiger partial charge in [-0.15, -0.1) is 0 Å².